The molecule has 1 fully saturated rings. The predicted molar refractivity (Wildman–Crippen MR) is 72.4 cm³/mol. The molecular formula is C14H21F3N2O2. The first-order valence-electron chi connectivity index (χ1n) is 6.85. The summed E-state index contributed by atoms with van der Waals surface area (Å²) in [4.78, 5) is 23.5. The average Bonchev–Trinajstić information content (AvgIpc) is 2.34. The van der Waals surface area contributed by atoms with E-state index in [1.54, 1.807) is 6.08 Å². The molecule has 0 atom stereocenters. The van der Waals surface area contributed by atoms with Crippen LogP contribution < -0.4 is 5.32 Å². The third-order valence-electron chi connectivity index (χ3n) is 3.11. The van der Waals surface area contributed by atoms with E-state index < -0.39 is 12.1 Å². The highest BCUT2D eigenvalue weighted by molar-refractivity contribution is 5.87. The van der Waals surface area contributed by atoms with Gasteiger partial charge in [-0.05, 0) is 24.3 Å². The second-order valence-corrected chi connectivity index (χ2v) is 6.27. The first-order chi connectivity index (χ1) is 9.49. The molecule has 0 aromatic heterocycles. The summed E-state index contributed by atoms with van der Waals surface area (Å²) in [6.07, 6.45) is -0.961. The van der Waals surface area contributed by atoms with Crippen molar-refractivity contribution in [3.05, 3.63) is 12.2 Å². The third kappa shape index (κ3) is 6.18. The number of carbonyl (C=O) groups excluding carboxylic acids is 2. The Kier molecular flexibility index (Phi) is 5.42. The highest BCUT2D eigenvalue weighted by atomic mass is 19.4. The van der Waals surface area contributed by atoms with Crippen molar-refractivity contribution in [2.75, 3.05) is 13.1 Å². The summed E-state index contributed by atoms with van der Waals surface area (Å²) in [6, 6.07) is -0.195. The summed E-state index contributed by atoms with van der Waals surface area (Å²) >= 11 is 0. The number of nitrogens with zero attached hydrogens (tertiary/aromatic N) is 1. The van der Waals surface area contributed by atoms with E-state index in [9.17, 15) is 22.8 Å². The number of piperidine rings is 1. The maximum Gasteiger partial charge on any atom is 0.471 e. The third-order valence-corrected chi connectivity index (χ3v) is 3.11. The van der Waals surface area contributed by atoms with Gasteiger partial charge in [0, 0.05) is 19.1 Å². The summed E-state index contributed by atoms with van der Waals surface area (Å²) in [5, 5.41) is 2.74. The van der Waals surface area contributed by atoms with E-state index in [1.807, 2.05) is 20.8 Å². The van der Waals surface area contributed by atoms with Gasteiger partial charge in [-0.3, -0.25) is 9.59 Å². The largest absolute Gasteiger partial charge is 0.471 e. The molecule has 1 rings (SSSR count). The summed E-state index contributed by atoms with van der Waals surface area (Å²) in [5.74, 6) is -2.06. The van der Waals surface area contributed by atoms with Gasteiger partial charge in [-0.25, -0.2) is 0 Å². The number of nitrogens with one attached hydrogen (secondary N) is 1. The number of allylic oxidation sites excluding steroid dienone is 1. The fourth-order valence-electron chi connectivity index (χ4n) is 1.98. The summed E-state index contributed by atoms with van der Waals surface area (Å²) in [5.41, 5.74) is -0.111. The van der Waals surface area contributed by atoms with Crippen molar-refractivity contribution >= 4 is 11.8 Å². The van der Waals surface area contributed by atoms with Crippen LogP contribution in [0.1, 0.15) is 33.6 Å². The van der Waals surface area contributed by atoms with Crippen LogP contribution in [0.25, 0.3) is 0 Å². The van der Waals surface area contributed by atoms with Crippen LogP contribution >= 0.6 is 0 Å². The SMILES string of the molecule is CC(C)(C)/C=C/C(=O)NC1CCN(C(=O)C(F)(F)F)CC1. The summed E-state index contributed by atoms with van der Waals surface area (Å²) in [7, 11) is 0. The molecule has 120 valence electrons. The summed E-state index contributed by atoms with van der Waals surface area (Å²) in [6.45, 7) is 5.88. The number of amides is 2. The van der Waals surface area contributed by atoms with Crippen LogP contribution in [0.4, 0.5) is 13.2 Å². The Balaban J connectivity index is 2.42. The van der Waals surface area contributed by atoms with Gasteiger partial charge in [0.05, 0.1) is 0 Å². The second kappa shape index (κ2) is 6.49. The standard InChI is InChI=1S/C14H21F3N2O2/c1-13(2,3)7-4-11(20)18-10-5-8-19(9-6-10)12(21)14(15,16)17/h4,7,10H,5-6,8-9H2,1-3H3,(H,18,20)/b7-4+. The lowest BCUT2D eigenvalue weighted by Gasteiger charge is -2.32. The van der Waals surface area contributed by atoms with Gasteiger partial charge in [0.25, 0.3) is 0 Å². The molecule has 7 heteroatoms. The van der Waals surface area contributed by atoms with Crippen molar-refractivity contribution in [3.63, 3.8) is 0 Å². The molecule has 0 aliphatic carbocycles. The minimum absolute atomic E-state index is 0.00623. The molecule has 1 saturated heterocycles. The molecular weight excluding hydrogens is 285 g/mol. The molecule has 1 aliphatic rings. The molecule has 0 bridgehead atoms. The molecule has 2 amide bonds. The van der Waals surface area contributed by atoms with E-state index in [-0.39, 0.29) is 30.5 Å². The van der Waals surface area contributed by atoms with Crippen molar-refractivity contribution in [1.29, 1.82) is 0 Å². The fourth-order valence-corrected chi connectivity index (χ4v) is 1.98. The molecule has 4 nitrogen and oxygen atoms in total. The quantitative estimate of drug-likeness (QED) is 0.796. The topological polar surface area (TPSA) is 49.4 Å². The second-order valence-electron chi connectivity index (χ2n) is 6.27. The van der Waals surface area contributed by atoms with E-state index in [0.717, 1.165) is 4.90 Å². The first kappa shape index (κ1) is 17.5. The number of rotatable bonds is 2. The number of likely N-dealkylation sites (tertiary alicyclic amines) is 1. The highest BCUT2D eigenvalue weighted by Crippen LogP contribution is 2.21. The van der Waals surface area contributed by atoms with Crippen LogP contribution in [0.2, 0.25) is 0 Å². The van der Waals surface area contributed by atoms with Gasteiger partial charge in [0.2, 0.25) is 5.91 Å². The Labute approximate surface area is 122 Å². The first-order valence-corrected chi connectivity index (χ1v) is 6.85. The van der Waals surface area contributed by atoms with E-state index in [2.05, 4.69) is 5.32 Å². The lowest BCUT2D eigenvalue weighted by molar-refractivity contribution is -0.186. The lowest BCUT2D eigenvalue weighted by atomic mass is 9.96. The van der Waals surface area contributed by atoms with E-state index >= 15 is 0 Å². The van der Waals surface area contributed by atoms with Crippen molar-refractivity contribution in [2.24, 2.45) is 5.41 Å². The number of alkyl halides is 3. The lowest BCUT2D eigenvalue weighted by Crippen LogP contribution is -2.49. The van der Waals surface area contributed by atoms with Gasteiger partial charge in [-0.2, -0.15) is 13.2 Å². The molecule has 0 spiro atoms. The molecule has 0 unspecified atom stereocenters. The Morgan fingerprint density at radius 1 is 1.14 bits per heavy atom. The molecule has 1 aliphatic heterocycles. The van der Waals surface area contributed by atoms with Gasteiger partial charge in [-0.15, -0.1) is 0 Å². The van der Waals surface area contributed by atoms with Gasteiger partial charge in [0.1, 0.15) is 0 Å². The minimum atomic E-state index is -4.83. The monoisotopic (exact) mass is 306 g/mol. The zero-order chi connectivity index (χ0) is 16.3. The van der Waals surface area contributed by atoms with E-state index in [4.69, 9.17) is 0 Å². The van der Waals surface area contributed by atoms with E-state index in [1.165, 1.54) is 6.08 Å². The molecule has 0 saturated carbocycles. The Morgan fingerprint density at radius 2 is 1.67 bits per heavy atom. The number of hydrogen-bond acceptors (Lipinski definition) is 2. The van der Waals surface area contributed by atoms with Gasteiger partial charge >= 0.3 is 12.1 Å². The van der Waals surface area contributed by atoms with E-state index in [0.29, 0.717) is 12.8 Å². The molecule has 0 aromatic rings. The van der Waals surface area contributed by atoms with Crippen LogP contribution in [-0.4, -0.2) is 42.0 Å². The zero-order valence-electron chi connectivity index (χ0n) is 12.5. The van der Waals surface area contributed by atoms with Crippen LogP contribution in [0, 0.1) is 5.41 Å². The predicted octanol–water partition coefficient (Wildman–Crippen LogP) is 2.26. The average molecular weight is 306 g/mol. The van der Waals surface area contributed by atoms with Crippen molar-refractivity contribution < 1.29 is 22.8 Å². The highest BCUT2D eigenvalue weighted by Gasteiger charge is 2.43. The number of carbonyl (C=O) groups is 2. The number of hydrogen-bond donors (Lipinski definition) is 1. The summed E-state index contributed by atoms with van der Waals surface area (Å²) < 4.78 is 36.8. The van der Waals surface area contributed by atoms with Crippen LogP contribution in [0.3, 0.4) is 0 Å². The van der Waals surface area contributed by atoms with Crippen molar-refractivity contribution in [1.82, 2.24) is 10.2 Å². The van der Waals surface area contributed by atoms with Crippen molar-refractivity contribution in [3.8, 4) is 0 Å². The van der Waals surface area contributed by atoms with Crippen molar-refractivity contribution in [2.45, 2.75) is 45.8 Å². The van der Waals surface area contributed by atoms with Gasteiger partial charge in [-0.1, -0.05) is 26.8 Å². The maximum absolute atomic E-state index is 12.3. The van der Waals surface area contributed by atoms with Crippen LogP contribution in [0.15, 0.2) is 12.2 Å². The normalized spacial score (nSPS) is 18.1. The van der Waals surface area contributed by atoms with Gasteiger partial charge in [0.15, 0.2) is 0 Å². The van der Waals surface area contributed by atoms with Crippen LogP contribution in [-0.2, 0) is 9.59 Å². The smallest absolute Gasteiger partial charge is 0.350 e. The fraction of sp³-hybridized carbons (Fsp3) is 0.714. The number of halogens is 3. The molecule has 0 aromatic carbocycles. The maximum atomic E-state index is 12.3. The Hall–Kier alpha value is -1.53. The molecule has 0 radical (unpaired) electrons. The molecule has 1 heterocycles. The van der Waals surface area contributed by atoms with Crippen LogP contribution in [0.5, 0.6) is 0 Å². The molecule has 1 N–H and O–H groups in total. The Bertz CT molecular complexity index is 417. The zero-order valence-corrected chi connectivity index (χ0v) is 12.5. The minimum Gasteiger partial charge on any atom is -0.350 e. The van der Waals surface area contributed by atoms with Gasteiger partial charge < -0.3 is 10.2 Å². The molecule has 21 heavy (non-hydrogen) atoms. The Morgan fingerprint density at radius 3 is 2.10 bits per heavy atom.